The van der Waals surface area contributed by atoms with Crippen molar-refractivity contribution in [2.45, 2.75) is 37.4 Å². The summed E-state index contributed by atoms with van der Waals surface area (Å²) in [5.41, 5.74) is 0. The van der Waals surface area contributed by atoms with Crippen LogP contribution in [-0.2, 0) is 0 Å². The number of alkyl halides is 2. The maximum Gasteiger partial charge on any atom is 0.296 e. The molecule has 1 saturated carbocycles. The Hall–Kier alpha value is 0.210. The molecule has 1 rings (SSSR count). The highest BCUT2D eigenvalue weighted by Crippen LogP contribution is 2.42. The molecule has 0 amide bonds. The van der Waals surface area contributed by atoms with Crippen LogP contribution in [-0.4, -0.2) is 11.5 Å². The lowest BCUT2D eigenvalue weighted by Gasteiger charge is -2.28. The van der Waals surface area contributed by atoms with Gasteiger partial charge in [0.15, 0.2) is 0 Å². The van der Waals surface area contributed by atoms with Crippen LogP contribution in [0.3, 0.4) is 0 Å². The van der Waals surface area contributed by atoms with Gasteiger partial charge in [-0.05, 0) is 19.1 Å². The predicted octanol–water partition coefficient (Wildman–Crippen LogP) is 3.52. The molecular weight excluding hydrogens is 166 g/mol. The molecule has 0 aromatic heterocycles. The highest BCUT2D eigenvalue weighted by Gasteiger charge is 2.38. The fourth-order valence-corrected chi connectivity index (χ4v) is 2.17. The van der Waals surface area contributed by atoms with Crippen molar-refractivity contribution in [1.82, 2.24) is 0 Å². The second-order valence-electron chi connectivity index (χ2n) is 3.10. The number of thioether (sulfide) groups is 1. The third kappa shape index (κ3) is 2.32. The van der Waals surface area contributed by atoms with E-state index in [2.05, 4.69) is 0 Å². The molecule has 0 radical (unpaired) electrons. The summed E-state index contributed by atoms with van der Waals surface area (Å²) in [6.45, 7) is 0. The smallest absolute Gasteiger partial charge is 0.194 e. The maximum absolute atomic E-state index is 13.0. The third-order valence-corrected chi connectivity index (χ3v) is 3.23. The first-order valence-electron chi connectivity index (χ1n) is 4.10. The van der Waals surface area contributed by atoms with E-state index in [-0.39, 0.29) is 5.92 Å². The molecule has 11 heavy (non-hydrogen) atoms. The zero-order valence-electron chi connectivity index (χ0n) is 6.78. The average Bonchev–Trinajstić information content (AvgIpc) is 2.06. The number of halogens is 2. The highest BCUT2D eigenvalue weighted by molar-refractivity contribution is 7.99. The maximum atomic E-state index is 13.0. The van der Waals surface area contributed by atoms with Gasteiger partial charge in [0, 0.05) is 5.92 Å². The summed E-state index contributed by atoms with van der Waals surface area (Å²) in [5.74, 6) is -0.355. The minimum atomic E-state index is -2.47. The fourth-order valence-electron chi connectivity index (χ4n) is 1.61. The van der Waals surface area contributed by atoms with Gasteiger partial charge in [0.05, 0.1) is 0 Å². The van der Waals surface area contributed by atoms with Crippen molar-refractivity contribution < 1.29 is 8.78 Å². The average molecular weight is 180 g/mol. The molecule has 0 aromatic rings. The molecule has 0 saturated heterocycles. The summed E-state index contributed by atoms with van der Waals surface area (Å²) in [4.78, 5) is 0. The lowest BCUT2D eigenvalue weighted by molar-refractivity contribution is 0.0199. The molecule has 3 heteroatoms. The van der Waals surface area contributed by atoms with E-state index < -0.39 is 5.25 Å². The fraction of sp³-hybridized carbons (Fsp3) is 1.00. The van der Waals surface area contributed by atoms with E-state index in [0.29, 0.717) is 24.6 Å². The van der Waals surface area contributed by atoms with Crippen LogP contribution in [0.2, 0.25) is 0 Å². The van der Waals surface area contributed by atoms with Gasteiger partial charge in [0.25, 0.3) is 5.25 Å². The summed E-state index contributed by atoms with van der Waals surface area (Å²) in [7, 11) is 0. The van der Waals surface area contributed by atoms with Crippen LogP contribution >= 0.6 is 11.8 Å². The van der Waals surface area contributed by atoms with Gasteiger partial charge >= 0.3 is 0 Å². The first kappa shape index (κ1) is 9.30. The summed E-state index contributed by atoms with van der Waals surface area (Å²) >= 11 is 0.700. The van der Waals surface area contributed by atoms with Crippen molar-refractivity contribution in [3.8, 4) is 0 Å². The van der Waals surface area contributed by atoms with Crippen molar-refractivity contribution in [2.75, 3.05) is 6.26 Å². The van der Waals surface area contributed by atoms with Gasteiger partial charge in [-0.2, -0.15) is 8.78 Å². The van der Waals surface area contributed by atoms with Gasteiger partial charge in [-0.3, -0.25) is 0 Å². The Balaban J connectivity index is 2.43. The van der Waals surface area contributed by atoms with E-state index in [9.17, 15) is 8.78 Å². The topological polar surface area (TPSA) is 0 Å². The van der Waals surface area contributed by atoms with Crippen LogP contribution < -0.4 is 0 Å². The normalized spacial score (nSPS) is 22.1. The summed E-state index contributed by atoms with van der Waals surface area (Å²) in [6, 6.07) is 0. The van der Waals surface area contributed by atoms with Gasteiger partial charge < -0.3 is 0 Å². The lowest BCUT2D eigenvalue weighted by Crippen LogP contribution is -2.26. The Kier molecular flexibility index (Phi) is 3.16. The summed E-state index contributed by atoms with van der Waals surface area (Å²) in [6.07, 6.45) is 6.04. The third-order valence-electron chi connectivity index (χ3n) is 2.35. The molecule has 0 N–H and O–H groups in total. The molecule has 0 bridgehead atoms. The van der Waals surface area contributed by atoms with Crippen molar-refractivity contribution in [3.05, 3.63) is 0 Å². The Labute approximate surface area is 70.7 Å². The van der Waals surface area contributed by atoms with E-state index in [1.54, 1.807) is 0 Å². The zero-order valence-corrected chi connectivity index (χ0v) is 7.59. The second kappa shape index (κ2) is 3.74. The molecule has 0 atom stereocenters. The molecular formula is C8H14F2S. The standard InChI is InChI=1S/C8H14F2S/c1-11-8(9,10)7-5-3-2-4-6-7/h7H,2-6H2,1H3. The zero-order chi connectivity index (χ0) is 8.32. The van der Waals surface area contributed by atoms with Gasteiger partial charge in [-0.25, -0.2) is 0 Å². The van der Waals surface area contributed by atoms with E-state index in [0.717, 1.165) is 19.3 Å². The Morgan fingerprint density at radius 1 is 1.18 bits per heavy atom. The van der Waals surface area contributed by atoms with Gasteiger partial charge in [0.1, 0.15) is 0 Å². The number of rotatable bonds is 2. The van der Waals surface area contributed by atoms with Crippen molar-refractivity contribution in [2.24, 2.45) is 5.92 Å². The molecule has 0 aliphatic heterocycles. The van der Waals surface area contributed by atoms with Crippen molar-refractivity contribution in [1.29, 1.82) is 0 Å². The van der Waals surface area contributed by atoms with Crippen LogP contribution in [0.4, 0.5) is 8.78 Å². The van der Waals surface area contributed by atoms with E-state index >= 15 is 0 Å². The minimum Gasteiger partial charge on any atom is -0.194 e. The minimum absolute atomic E-state index is 0.355. The first-order valence-corrected chi connectivity index (χ1v) is 5.32. The molecule has 1 aliphatic rings. The molecule has 1 aliphatic carbocycles. The Bertz CT molecular complexity index is 119. The van der Waals surface area contributed by atoms with E-state index in [4.69, 9.17) is 0 Å². The van der Waals surface area contributed by atoms with Crippen molar-refractivity contribution >= 4 is 11.8 Å². The number of hydrogen-bond donors (Lipinski definition) is 0. The monoisotopic (exact) mass is 180 g/mol. The molecule has 66 valence electrons. The van der Waals surface area contributed by atoms with E-state index in [1.807, 2.05) is 0 Å². The summed E-state index contributed by atoms with van der Waals surface area (Å²) < 4.78 is 26.0. The van der Waals surface area contributed by atoms with Crippen LogP contribution in [0.1, 0.15) is 32.1 Å². The Morgan fingerprint density at radius 2 is 1.73 bits per heavy atom. The second-order valence-corrected chi connectivity index (χ2v) is 4.05. The quantitative estimate of drug-likeness (QED) is 0.626. The molecule has 0 spiro atoms. The SMILES string of the molecule is CSC(F)(F)C1CCCCC1. The predicted molar refractivity (Wildman–Crippen MR) is 45.0 cm³/mol. The Morgan fingerprint density at radius 3 is 2.18 bits per heavy atom. The van der Waals surface area contributed by atoms with Crippen LogP contribution in [0.15, 0.2) is 0 Å². The van der Waals surface area contributed by atoms with Crippen LogP contribution in [0, 0.1) is 5.92 Å². The lowest BCUT2D eigenvalue weighted by atomic mass is 9.89. The van der Waals surface area contributed by atoms with Crippen LogP contribution in [0.25, 0.3) is 0 Å². The van der Waals surface area contributed by atoms with Crippen LogP contribution in [0.5, 0.6) is 0 Å². The molecule has 0 nitrogen and oxygen atoms in total. The molecule has 0 aromatic carbocycles. The molecule has 0 heterocycles. The first-order chi connectivity index (χ1) is 5.17. The molecule has 0 unspecified atom stereocenters. The highest BCUT2D eigenvalue weighted by atomic mass is 32.2. The van der Waals surface area contributed by atoms with Gasteiger partial charge in [0.2, 0.25) is 0 Å². The van der Waals surface area contributed by atoms with Gasteiger partial charge in [-0.1, -0.05) is 31.0 Å². The molecule has 1 fully saturated rings. The largest absolute Gasteiger partial charge is 0.296 e. The van der Waals surface area contributed by atoms with Gasteiger partial charge in [-0.15, -0.1) is 0 Å². The summed E-state index contributed by atoms with van der Waals surface area (Å²) in [5, 5.41) is -2.47. The number of hydrogen-bond acceptors (Lipinski definition) is 1. The van der Waals surface area contributed by atoms with Crippen molar-refractivity contribution in [3.63, 3.8) is 0 Å². The van der Waals surface area contributed by atoms with E-state index in [1.165, 1.54) is 6.26 Å².